The zero-order valence-electron chi connectivity index (χ0n) is 15.3. The molecule has 6 nitrogen and oxygen atoms in total. The van der Waals surface area contributed by atoms with Gasteiger partial charge in [0.25, 0.3) is 5.69 Å². The lowest BCUT2D eigenvalue weighted by molar-refractivity contribution is -0.384. The van der Waals surface area contributed by atoms with Gasteiger partial charge >= 0.3 is 0 Å². The number of nitrogens with zero attached hydrogens (tertiary/aromatic N) is 1. The number of aryl methyl sites for hydroxylation is 1. The lowest BCUT2D eigenvalue weighted by Crippen LogP contribution is -2.21. The maximum Gasteiger partial charge on any atom is 0.269 e. The third-order valence-corrected chi connectivity index (χ3v) is 4.57. The Balaban J connectivity index is 2.33. The number of carbonyl (C=O) groups excluding carboxylic acids is 2. The van der Waals surface area contributed by atoms with E-state index in [1.165, 1.54) is 55.4 Å². The first-order valence-electron chi connectivity index (χ1n) is 8.86. The van der Waals surface area contributed by atoms with Crippen molar-refractivity contribution < 1.29 is 14.5 Å². The third kappa shape index (κ3) is 8.29. The van der Waals surface area contributed by atoms with E-state index in [2.05, 4.69) is 12.2 Å². The van der Waals surface area contributed by atoms with E-state index in [9.17, 15) is 19.7 Å². The minimum atomic E-state index is -0.498. The largest absolute Gasteiger partial charge is 0.353 e. The SMILES string of the molecule is CCCCCCCCNC(=O)C=CSC(=O)c1ccc([N+](=O)[O-])cc1C. The standard InChI is InChI=1S/C19H26N2O4S/c1-3-4-5-6-7-8-12-20-18(22)11-13-26-19(23)17-10-9-16(21(24)25)14-15(17)2/h9-11,13-14H,3-8,12H2,1-2H3,(H,20,22). The molecule has 0 saturated carbocycles. The molecule has 0 bridgehead atoms. The molecular weight excluding hydrogens is 352 g/mol. The smallest absolute Gasteiger partial charge is 0.269 e. The van der Waals surface area contributed by atoms with Crippen LogP contribution in [0.15, 0.2) is 29.7 Å². The van der Waals surface area contributed by atoms with Crippen molar-refractivity contribution in [3.63, 3.8) is 0 Å². The van der Waals surface area contributed by atoms with E-state index in [0.29, 0.717) is 17.7 Å². The van der Waals surface area contributed by atoms with E-state index >= 15 is 0 Å². The van der Waals surface area contributed by atoms with Crippen molar-refractivity contribution in [2.24, 2.45) is 0 Å². The Labute approximate surface area is 158 Å². The number of hydrogen-bond acceptors (Lipinski definition) is 5. The number of non-ortho nitro benzene ring substituents is 1. The summed E-state index contributed by atoms with van der Waals surface area (Å²) in [6.07, 6.45) is 8.31. The lowest BCUT2D eigenvalue weighted by atomic mass is 10.1. The van der Waals surface area contributed by atoms with Crippen LogP contribution in [0.25, 0.3) is 0 Å². The summed E-state index contributed by atoms with van der Waals surface area (Å²) in [5, 5.41) is 14.7. The monoisotopic (exact) mass is 378 g/mol. The summed E-state index contributed by atoms with van der Waals surface area (Å²) in [6, 6.07) is 4.11. The number of nitrogens with one attached hydrogen (secondary N) is 1. The number of unbranched alkanes of at least 4 members (excludes halogenated alkanes) is 5. The van der Waals surface area contributed by atoms with Crippen molar-refractivity contribution in [2.75, 3.05) is 6.54 Å². The molecule has 0 atom stereocenters. The summed E-state index contributed by atoms with van der Waals surface area (Å²) in [5.74, 6) is -0.223. The van der Waals surface area contributed by atoms with Crippen LogP contribution in [0.5, 0.6) is 0 Å². The molecular formula is C19H26N2O4S. The molecule has 1 aromatic rings. The Bertz CT molecular complexity index is 659. The molecule has 0 unspecified atom stereocenters. The summed E-state index contributed by atoms with van der Waals surface area (Å²) in [6.45, 7) is 4.46. The van der Waals surface area contributed by atoms with Gasteiger partial charge in [-0.1, -0.05) is 50.8 Å². The maximum absolute atomic E-state index is 12.1. The second-order valence-electron chi connectivity index (χ2n) is 6.02. The zero-order chi connectivity index (χ0) is 19.4. The van der Waals surface area contributed by atoms with Crippen molar-refractivity contribution in [3.05, 3.63) is 50.9 Å². The normalized spacial score (nSPS) is 10.8. The average Bonchev–Trinajstić information content (AvgIpc) is 2.60. The van der Waals surface area contributed by atoms with Gasteiger partial charge in [-0.3, -0.25) is 19.7 Å². The second kappa shape index (κ2) is 12.2. The molecule has 0 aromatic heterocycles. The molecule has 0 heterocycles. The van der Waals surface area contributed by atoms with E-state index in [-0.39, 0.29) is 16.7 Å². The van der Waals surface area contributed by atoms with Gasteiger partial charge in [0.1, 0.15) is 0 Å². The van der Waals surface area contributed by atoms with Crippen molar-refractivity contribution in [1.82, 2.24) is 5.32 Å². The number of thioether (sulfide) groups is 1. The Morgan fingerprint density at radius 3 is 2.54 bits per heavy atom. The number of carbonyl (C=O) groups is 2. The summed E-state index contributed by atoms with van der Waals surface area (Å²) in [4.78, 5) is 34.0. The highest BCUT2D eigenvalue weighted by molar-refractivity contribution is 8.16. The predicted molar refractivity (Wildman–Crippen MR) is 105 cm³/mol. The Kier molecular flexibility index (Phi) is 10.3. The molecule has 142 valence electrons. The van der Waals surface area contributed by atoms with Crippen molar-refractivity contribution >= 4 is 28.5 Å². The predicted octanol–water partition coefficient (Wildman–Crippen LogP) is 4.77. The first-order valence-corrected chi connectivity index (χ1v) is 9.74. The van der Waals surface area contributed by atoms with Crippen molar-refractivity contribution in [1.29, 1.82) is 0 Å². The van der Waals surface area contributed by atoms with Gasteiger partial charge < -0.3 is 5.32 Å². The Hall–Kier alpha value is -2.15. The fourth-order valence-electron chi connectivity index (χ4n) is 2.39. The Morgan fingerprint density at radius 2 is 1.88 bits per heavy atom. The molecule has 1 amide bonds. The topological polar surface area (TPSA) is 89.3 Å². The minimum Gasteiger partial charge on any atom is -0.353 e. The Morgan fingerprint density at radius 1 is 1.19 bits per heavy atom. The summed E-state index contributed by atoms with van der Waals surface area (Å²) in [5.41, 5.74) is 0.893. The average molecular weight is 378 g/mol. The number of amides is 1. The van der Waals surface area contributed by atoms with Crippen LogP contribution >= 0.6 is 11.8 Å². The molecule has 0 aliphatic rings. The van der Waals surface area contributed by atoms with E-state index in [1.807, 2.05) is 0 Å². The van der Waals surface area contributed by atoms with Gasteiger partial charge in [0.2, 0.25) is 11.0 Å². The van der Waals surface area contributed by atoms with Crippen LogP contribution in [0.1, 0.15) is 61.4 Å². The first-order chi connectivity index (χ1) is 12.5. The molecule has 1 rings (SSSR count). The van der Waals surface area contributed by atoms with Gasteiger partial charge in [-0.2, -0.15) is 0 Å². The van der Waals surface area contributed by atoms with Gasteiger partial charge in [0, 0.05) is 30.3 Å². The van der Waals surface area contributed by atoms with Crippen LogP contribution in [0.2, 0.25) is 0 Å². The van der Waals surface area contributed by atoms with Gasteiger partial charge in [0.05, 0.1) is 4.92 Å². The highest BCUT2D eigenvalue weighted by atomic mass is 32.2. The molecule has 26 heavy (non-hydrogen) atoms. The number of hydrogen-bond donors (Lipinski definition) is 1. The maximum atomic E-state index is 12.1. The van der Waals surface area contributed by atoms with E-state index < -0.39 is 4.92 Å². The van der Waals surface area contributed by atoms with Gasteiger partial charge in [0.15, 0.2) is 0 Å². The molecule has 0 radical (unpaired) electrons. The summed E-state index contributed by atoms with van der Waals surface area (Å²) < 4.78 is 0. The molecule has 7 heteroatoms. The third-order valence-electron chi connectivity index (χ3n) is 3.86. The summed E-state index contributed by atoms with van der Waals surface area (Å²) >= 11 is 0.889. The molecule has 0 fully saturated rings. The van der Waals surface area contributed by atoms with E-state index in [1.54, 1.807) is 6.92 Å². The lowest BCUT2D eigenvalue weighted by Gasteiger charge is -2.03. The summed E-state index contributed by atoms with van der Waals surface area (Å²) in [7, 11) is 0. The van der Waals surface area contributed by atoms with Crippen LogP contribution in [0, 0.1) is 17.0 Å². The fraction of sp³-hybridized carbons (Fsp3) is 0.474. The van der Waals surface area contributed by atoms with Crippen LogP contribution in [-0.4, -0.2) is 22.5 Å². The van der Waals surface area contributed by atoms with Gasteiger partial charge in [-0.25, -0.2) is 0 Å². The van der Waals surface area contributed by atoms with Crippen molar-refractivity contribution in [2.45, 2.75) is 52.4 Å². The molecule has 0 spiro atoms. The molecule has 0 aliphatic carbocycles. The van der Waals surface area contributed by atoms with E-state index in [0.717, 1.165) is 24.6 Å². The quantitative estimate of drug-likeness (QED) is 0.259. The molecule has 1 N–H and O–H groups in total. The minimum absolute atomic E-state index is 0.0475. The van der Waals surface area contributed by atoms with Gasteiger partial charge in [-0.05, 0) is 30.4 Å². The number of nitro benzene ring substituents is 1. The number of rotatable bonds is 11. The van der Waals surface area contributed by atoms with E-state index in [4.69, 9.17) is 0 Å². The first kappa shape index (κ1) is 21.9. The van der Waals surface area contributed by atoms with Crippen molar-refractivity contribution in [3.8, 4) is 0 Å². The molecule has 0 saturated heterocycles. The number of nitro groups is 1. The van der Waals surface area contributed by atoms with Crippen LogP contribution in [0.3, 0.4) is 0 Å². The highest BCUT2D eigenvalue weighted by Gasteiger charge is 2.13. The van der Waals surface area contributed by atoms with Crippen LogP contribution in [-0.2, 0) is 4.79 Å². The zero-order valence-corrected chi connectivity index (χ0v) is 16.1. The fourth-order valence-corrected chi connectivity index (χ4v) is 3.06. The highest BCUT2D eigenvalue weighted by Crippen LogP contribution is 2.21. The van der Waals surface area contributed by atoms with Crippen LogP contribution < -0.4 is 5.32 Å². The number of benzene rings is 1. The molecule has 0 aliphatic heterocycles. The van der Waals surface area contributed by atoms with Gasteiger partial charge in [-0.15, -0.1) is 0 Å². The molecule has 1 aromatic carbocycles. The van der Waals surface area contributed by atoms with Crippen LogP contribution in [0.4, 0.5) is 5.69 Å². The second-order valence-corrected chi connectivity index (χ2v) is 6.90.